The molecule has 4 heterocycles. The maximum absolute atomic E-state index is 10.6. The van der Waals surface area contributed by atoms with Crippen LogP contribution in [0, 0.1) is 0 Å². The number of hydrogen-bond acceptors (Lipinski definition) is 24. The minimum absolute atomic E-state index is 0.212. The van der Waals surface area contributed by atoms with Gasteiger partial charge in [-0.2, -0.15) is 0 Å². The Bertz CT molecular complexity index is 1350. The van der Waals surface area contributed by atoms with E-state index in [-0.39, 0.29) is 25.7 Å². The molecule has 0 aromatic heterocycles. The number of hydrogen-bond donors (Lipinski definition) is 16. The van der Waals surface area contributed by atoms with Crippen LogP contribution in [0.1, 0.15) is 107 Å². The Kier molecular flexibility index (Phi) is 30.3. The molecule has 0 aromatic rings. The van der Waals surface area contributed by atoms with Crippen molar-refractivity contribution in [2.45, 2.75) is 254 Å². The molecule has 4 aliphatic rings. The Morgan fingerprint density at radius 3 is 0.597 bits per heavy atom. The average Bonchev–Trinajstić information content (AvgIpc) is 3.31. The Morgan fingerprint density at radius 2 is 0.472 bits per heavy atom. The standard InChI is InChI=1S/4C11H20O7/c4*1-3-6(4-7(12)13)18-11-10(16)9(15)8(14)5(2)17-11/h4*5-6,8-11,14-16H,3-4H2,1-2H3,(H,12,13)/t2*5?,6?,8-,9-,10?,11-;5?,6-,8+,9+,10?,11+;5?,6-,8-,9-,10?,11-/m0010/s1. The van der Waals surface area contributed by atoms with Gasteiger partial charge < -0.3 is 120 Å². The van der Waals surface area contributed by atoms with E-state index in [0.29, 0.717) is 25.7 Å². The maximum atomic E-state index is 10.6. The Morgan fingerprint density at radius 1 is 0.319 bits per heavy atom. The second-order valence-electron chi connectivity index (χ2n) is 17.8. The van der Waals surface area contributed by atoms with Crippen molar-refractivity contribution in [3.63, 3.8) is 0 Å². The summed E-state index contributed by atoms with van der Waals surface area (Å²) in [6.45, 7) is 13.1. The van der Waals surface area contributed by atoms with Crippen LogP contribution in [0.3, 0.4) is 0 Å². The summed E-state index contributed by atoms with van der Waals surface area (Å²) in [5.41, 5.74) is 0. The SMILES string of the molecule is CCC(CC(=O)O)O[C@@H]1OC(C)[C@H](O)[C@H](O)C1O.CCC(CC(=O)O)O[C@@H]1OC(C)[C@H](O)[C@H](O)C1O.CC[C@@H](CC(=O)O)O[C@@H]1OC(C)[C@H](O)[C@H](O)C1O.CC[C@H](CC(=O)O)O[C@@H]1OC(C)[C@H](O)[C@H](O)C1O. The van der Waals surface area contributed by atoms with Gasteiger partial charge in [0.15, 0.2) is 25.2 Å². The monoisotopic (exact) mass is 1060 g/mol. The van der Waals surface area contributed by atoms with Crippen LogP contribution in [0.4, 0.5) is 0 Å². The van der Waals surface area contributed by atoms with Crippen molar-refractivity contribution in [3.8, 4) is 0 Å². The van der Waals surface area contributed by atoms with Gasteiger partial charge in [0, 0.05) is 0 Å². The van der Waals surface area contributed by atoms with E-state index in [1.807, 2.05) is 0 Å². The van der Waals surface area contributed by atoms with Crippen LogP contribution < -0.4 is 0 Å². The van der Waals surface area contributed by atoms with Crippen molar-refractivity contribution >= 4 is 23.9 Å². The molecule has 28 heteroatoms. The normalized spacial score (nSPS) is 38.4. The van der Waals surface area contributed by atoms with Gasteiger partial charge in [-0.25, -0.2) is 0 Å². The predicted octanol–water partition coefficient (Wildman–Crippen LogP) is -3.66. The minimum atomic E-state index is -1.40. The van der Waals surface area contributed by atoms with Crippen LogP contribution in [0.25, 0.3) is 0 Å². The van der Waals surface area contributed by atoms with Crippen molar-refractivity contribution in [3.05, 3.63) is 0 Å². The molecule has 4 fully saturated rings. The number of ether oxygens (including phenoxy) is 8. The topological polar surface area (TPSA) is 466 Å². The number of rotatable bonds is 20. The summed E-state index contributed by atoms with van der Waals surface area (Å²) in [5.74, 6) is -4.05. The smallest absolute Gasteiger partial charge is 0.305 e. The highest BCUT2D eigenvalue weighted by molar-refractivity contribution is 5.68. The zero-order chi connectivity index (χ0) is 55.5. The predicted molar refractivity (Wildman–Crippen MR) is 239 cm³/mol. The van der Waals surface area contributed by atoms with Gasteiger partial charge in [0.2, 0.25) is 0 Å². The van der Waals surface area contributed by atoms with Crippen LogP contribution in [0.5, 0.6) is 0 Å². The first kappa shape index (κ1) is 67.1. The average molecular weight is 1060 g/mol. The summed E-state index contributed by atoms with van der Waals surface area (Å²) in [5, 5.41) is 150. The van der Waals surface area contributed by atoms with E-state index in [4.69, 9.17) is 58.3 Å². The van der Waals surface area contributed by atoms with Gasteiger partial charge in [-0.15, -0.1) is 0 Å². The van der Waals surface area contributed by atoms with Crippen molar-refractivity contribution < 1.29 is 139 Å². The third-order valence-corrected chi connectivity index (χ3v) is 12.0. The quantitative estimate of drug-likeness (QED) is 0.0559. The summed E-state index contributed by atoms with van der Waals surface area (Å²) in [4.78, 5) is 42.4. The lowest BCUT2D eigenvalue weighted by Gasteiger charge is -2.40. The number of carboxylic acids is 4. The second kappa shape index (κ2) is 32.5. The first-order chi connectivity index (χ1) is 33.4. The van der Waals surface area contributed by atoms with E-state index in [0.717, 1.165) is 0 Å². The largest absolute Gasteiger partial charge is 0.481 e. The van der Waals surface area contributed by atoms with Crippen LogP contribution in [-0.4, -0.2) is 253 Å². The van der Waals surface area contributed by atoms with Gasteiger partial charge >= 0.3 is 23.9 Å². The molecule has 0 bridgehead atoms. The van der Waals surface area contributed by atoms with Gasteiger partial charge in [-0.3, -0.25) is 19.2 Å². The Labute approximate surface area is 416 Å². The highest BCUT2D eigenvalue weighted by Crippen LogP contribution is 2.28. The molecule has 16 N–H and O–H groups in total. The van der Waals surface area contributed by atoms with Crippen LogP contribution in [-0.2, 0) is 57.1 Å². The van der Waals surface area contributed by atoms with Gasteiger partial charge in [0.1, 0.15) is 73.2 Å². The fraction of sp³-hybridized carbons (Fsp3) is 0.909. The van der Waals surface area contributed by atoms with Crippen molar-refractivity contribution in [1.29, 1.82) is 0 Å². The van der Waals surface area contributed by atoms with Crippen LogP contribution in [0.15, 0.2) is 0 Å². The van der Waals surface area contributed by atoms with Crippen LogP contribution in [0.2, 0.25) is 0 Å². The maximum Gasteiger partial charge on any atom is 0.305 e. The number of carboxylic acid groups (broad SMARTS) is 4. The molecule has 28 nitrogen and oxygen atoms in total. The van der Waals surface area contributed by atoms with E-state index < -0.39 is 171 Å². The molecule has 0 saturated carbocycles. The lowest BCUT2D eigenvalue weighted by molar-refractivity contribution is -0.304. The molecule has 72 heavy (non-hydrogen) atoms. The fourth-order valence-electron chi connectivity index (χ4n) is 7.20. The zero-order valence-electron chi connectivity index (χ0n) is 41.6. The lowest BCUT2D eigenvalue weighted by atomic mass is 10.00. The summed E-state index contributed by atoms with van der Waals surface area (Å²) in [6.07, 6.45) is -24.8. The second-order valence-corrected chi connectivity index (χ2v) is 17.8. The van der Waals surface area contributed by atoms with E-state index in [9.17, 15) is 80.5 Å². The molecule has 4 rings (SSSR count). The highest BCUT2D eigenvalue weighted by atomic mass is 16.7. The molecule has 0 aromatic carbocycles. The first-order valence-electron chi connectivity index (χ1n) is 23.7. The zero-order valence-corrected chi connectivity index (χ0v) is 41.6. The van der Waals surface area contributed by atoms with Gasteiger partial charge in [-0.05, 0) is 53.4 Å². The molecule has 4 saturated heterocycles. The van der Waals surface area contributed by atoms with E-state index in [2.05, 4.69) is 0 Å². The molecule has 24 atom stereocenters. The lowest BCUT2D eigenvalue weighted by Crippen LogP contribution is -2.58. The number of aliphatic hydroxyl groups is 12. The third-order valence-electron chi connectivity index (χ3n) is 12.0. The molecule has 0 radical (unpaired) electrons. The van der Waals surface area contributed by atoms with E-state index in [1.165, 1.54) is 27.7 Å². The molecule has 0 amide bonds. The Balaban J connectivity index is 0.000000480. The molecule has 10 unspecified atom stereocenters. The molecular weight excluding hydrogens is 976 g/mol. The molecule has 0 spiro atoms. The van der Waals surface area contributed by atoms with Gasteiger partial charge in [0.25, 0.3) is 0 Å². The van der Waals surface area contributed by atoms with E-state index in [1.54, 1.807) is 27.7 Å². The fourth-order valence-corrected chi connectivity index (χ4v) is 7.20. The van der Waals surface area contributed by atoms with Crippen molar-refractivity contribution in [2.75, 3.05) is 0 Å². The van der Waals surface area contributed by atoms with Crippen molar-refractivity contribution in [1.82, 2.24) is 0 Å². The summed E-state index contributed by atoms with van der Waals surface area (Å²) >= 11 is 0. The molecule has 4 aliphatic heterocycles. The van der Waals surface area contributed by atoms with Crippen molar-refractivity contribution in [2.24, 2.45) is 0 Å². The molecule has 424 valence electrons. The Hall–Kier alpha value is -2.92. The van der Waals surface area contributed by atoms with Gasteiger partial charge in [0.05, 0.1) is 74.5 Å². The minimum Gasteiger partial charge on any atom is -0.481 e. The first-order valence-corrected chi connectivity index (χ1v) is 23.7. The number of aliphatic carboxylic acids is 4. The summed E-state index contributed by atoms with van der Waals surface area (Å²) < 4.78 is 42.2. The summed E-state index contributed by atoms with van der Waals surface area (Å²) in [7, 11) is 0. The van der Waals surface area contributed by atoms with Gasteiger partial charge in [-0.1, -0.05) is 27.7 Å². The summed E-state index contributed by atoms with van der Waals surface area (Å²) in [6, 6.07) is 0. The number of carbonyl (C=O) groups is 4. The third kappa shape index (κ3) is 21.4. The molecule has 0 aliphatic carbocycles. The van der Waals surface area contributed by atoms with E-state index >= 15 is 0 Å². The highest BCUT2D eigenvalue weighted by Gasteiger charge is 2.46. The number of aliphatic hydroxyl groups excluding tert-OH is 12. The van der Waals surface area contributed by atoms with Crippen LogP contribution >= 0.6 is 0 Å². The molecular formula is C44H80O28.